The number of pyridine rings is 1. The van der Waals surface area contributed by atoms with Gasteiger partial charge in [0.2, 0.25) is 11.8 Å². The highest BCUT2D eigenvalue weighted by Crippen LogP contribution is 2.35. The van der Waals surface area contributed by atoms with E-state index in [1.54, 1.807) is 6.07 Å². The molecule has 0 spiro atoms. The summed E-state index contributed by atoms with van der Waals surface area (Å²) in [5.74, 6) is -2.31. The number of nitriles is 1. The number of ketones is 1. The summed E-state index contributed by atoms with van der Waals surface area (Å²) in [6.07, 6.45) is -2.34. The minimum absolute atomic E-state index is 0.208. The molecule has 34 heavy (non-hydrogen) atoms. The van der Waals surface area contributed by atoms with Gasteiger partial charge in [-0.05, 0) is 56.5 Å². The van der Waals surface area contributed by atoms with Gasteiger partial charge in [-0.25, -0.2) is 4.98 Å². The predicted molar refractivity (Wildman–Crippen MR) is 115 cm³/mol. The number of alkyl halides is 3. The van der Waals surface area contributed by atoms with E-state index in [1.165, 1.54) is 36.1 Å². The Bertz CT molecular complexity index is 1080. The van der Waals surface area contributed by atoms with E-state index >= 15 is 0 Å². The lowest BCUT2D eigenvalue weighted by molar-refractivity contribution is -0.142. The number of halogens is 4. The number of hydrogen-bond donors (Lipinski definition) is 0. The zero-order chi connectivity index (χ0) is 24.9. The van der Waals surface area contributed by atoms with Crippen LogP contribution in [-0.2, 0) is 15.8 Å². The molecule has 1 aromatic carbocycles. The molecule has 3 rings (SSSR count). The van der Waals surface area contributed by atoms with Crippen LogP contribution in [0.2, 0.25) is 5.02 Å². The Hall–Kier alpha value is -3.32. The van der Waals surface area contributed by atoms with Gasteiger partial charge in [-0.1, -0.05) is 11.6 Å². The van der Waals surface area contributed by atoms with Crippen molar-refractivity contribution in [1.82, 2.24) is 9.88 Å². The molecule has 180 valence electrons. The highest BCUT2D eigenvalue weighted by molar-refractivity contribution is 6.31. The van der Waals surface area contributed by atoms with Gasteiger partial charge < -0.3 is 14.4 Å². The average Bonchev–Trinajstić information content (AvgIpc) is 2.81. The van der Waals surface area contributed by atoms with Crippen molar-refractivity contribution in [3.05, 3.63) is 47.1 Å². The number of amides is 1. The summed E-state index contributed by atoms with van der Waals surface area (Å²) < 4.78 is 49.2. The molecule has 1 aromatic heterocycles. The van der Waals surface area contributed by atoms with Crippen LogP contribution in [-0.4, -0.2) is 40.8 Å². The summed E-state index contributed by atoms with van der Waals surface area (Å²) in [5.41, 5.74) is -0.998. The predicted octanol–water partition coefficient (Wildman–Crippen LogP) is 5.03. The molecule has 2 heterocycles. The van der Waals surface area contributed by atoms with Crippen LogP contribution in [0.15, 0.2) is 36.5 Å². The number of carbonyl (C=O) groups excluding carboxylic acids is 2. The molecule has 1 saturated heterocycles. The number of Topliss-reactive ketones (excluding diaryl/α,β-unsaturated/α-hetero) is 1. The standard InChI is InChI=1S/C23H21ClF3N3O4/c1-14(20(31)18(12-28)22(32)30-9-3-2-4-10-30)33-16-5-7-17(8-6-16)34-21-19(24)11-15(13-29-21)23(25,26)27/h5-8,11,13-14,18H,2-4,9-10H2,1H3. The first-order valence-electron chi connectivity index (χ1n) is 10.5. The normalized spacial score (nSPS) is 15.7. The van der Waals surface area contributed by atoms with E-state index in [0.717, 1.165) is 19.3 Å². The first-order valence-corrected chi connectivity index (χ1v) is 10.9. The number of likely N-dealkylation sites (tertiary alicyclic amines) is 1. The quantitative estimate of drug-likeness (QED) is 0.500. The van der Waals surface area contributed by atoms with Gasteiger partial charge in [-0.2, -0.15) is 18.4 Å². The summed E-state index contributed by atoms with van der Waals surface area (Å²) >= 11 is 5.84. The molecular formula is C23H21ClF3N3O4. The fourth-order valence-corrected chi connectivity index (χ4v) is 3.59. The van der Waals surface area contributed by atoms with Crippen molar-refractivity contribution in [2.45, 2.75) is 38.5 Å². The van der Waals surface area contributed by atoms with Crippen molar-refractivity contribution in [3.63, 3.8) is 0 Å². The molecule has 0 bridgehead atoms. The zero-order valence-corrected chi connectivity index (χ0v) is 18.9. The molecule has 2 atom stereocenters. The van der Waals surface area contributed by atoms with Crippen molar-refractivity contribution in [1.29, 1.82) is 5.26 Å². The molecular weight excluding hydrogens is 475 g/mol. The Morgan fingerprint density at radius 2 is 1.76 bits per heavy atom. The summed E-state index contributed by atoms with van der Waals surface area (Å²) in [7, 11) is 0. The first-order chi connectivity index (χ1) is 16.1. The fourth-order valence-electron chi connectivity index (χ4n) is 3.39. The van der Waals surface area contributed by atoms with Crippen LogP contribution in [0.5, 0.6) is 17.4 Å². The lowest BCUT2D eigenvalue weighted by Gasteiger charge is -2.28. The Morgan fingerprint density at radius 1 is 1.15 bits per heavy atom. The highest BCUT2D eigenvalue weighted by Gasteiger charge is 2.35. The van der Waals surface area contributed by atoms with Gasteiger partial charge in [0.05, 0.1) is 11.6 Å². The van der Waals surface area contributed by atoms with Crippen LogP contribution in [0.4, 0.5) is 13.2 Å². The summed E-state index contributed by atoms with van der Waals surface area (Å²) in [6, 6.07) is 8.32. The third kappa shape index (κ3) is 6.17. The molecule has 0 N–H and O–H groups in total. The Kier molecular flexibility index (Phi) is 7.99. The van der Waals surface area contributed by atoms with E-state index in [-0.39, 0.29) is 22.4 Å². The molecule has 11 heteroatoms. The lowest BCUT2D eigenvalue weighted by atomic mass is 9.99. The number of piperidine rings is 1. The maximum Gasteiger partial charge on any atom is 0.417 e. The second-order valence-electron chi connectivity index (χ2n) is 7.69. The Labute approximate surface area is 199 Å². The largest absolute Gasteiger partial charge is 0.483 e. The number of hydrogen-bond acceptors (Lipinski definition) is 6. The Balaban J connectivity index is 1.62. The van der Waals surface area contributed by atoms with Gasteiger partial charge in [0.15, 0.2) is 17.8 Å². The van der Waals surface area contributed by atoms with Crippen molar-refractivity contribution in [2.24, 2.45) is 5.92 Å². The molecule has 1 fully saturated rings. The van der Waals surface area contributed by atoms with E-state index in [4.69, 9.17) is 21.1 Å². The third-order valence-electron chi connectivity index (χ3n) is 5.21. The van der Waals surface area contributed by atoms with E-state index in [1.807, 2.05) is 0 Å². The monoisotopic (exact) mass is 495 g/mol. The molecule has 0 radical (unpaired) electrons. The van der Waals surface area contributed by atoms with Gasteiger partial charge in [0.1, 0.15) is 16.5 Å². The van der Waals surface area contributed by atoms with Gasteiger partial charge in [0.25, 0.3) is 0 Å². The fraction of sp³-hybridized carbons (Fsp3) is 0.391. The second-order valence-corrected chi connectivity index (χ2v) is 8.10. The van der Waals surface area contributed by atoms with Crippen molar-refractivity contribution in [2.75, 3.05) is 13.1 Å². The van der Waals surface area contributed by atoms with Gasteiger partial charge >= 0.3 is 6.18 Å². The Morgan fingerprint density at radius 3 is 2.32 bits per heavy atom. The number of aromatic nitrogens is 1. The maximum absolute atomic E-state index is 12.7. The van der Waals surface area contributed by atoms with Gasteiger partial charge in [-0.3, -0.25) is 9.59 Å². The van der Waals surface area contributed by atoms with Crippen molar-refractivity contribution in [3.8, 4) is 23.4 Å². The topological polar surface area (TPSA) is 92.5 Å². The van der Waals surface area contributed by atoms with Crippen LogP contribution in [0.1, 0.15) is 31.7 Å². The van der Waals surface area contributed by atoms with Crippen LogP contribution in [0, 0.1) is 17.2 Å². The molecule has 1 aliphatic heterocycles. The minimum atomic E-state index is -4.58. The van der Waals surface area contributed by atoms with Crippen molar-refractivity contribution >= 4 is 23.3 Å². The number of ether oxygens (including phenoxy) is 2. The van der Waals surface area contributed by atoms with E-state index in [2.05, 4.69) is 4.98 Å². The maximum atomic E-state index is 12.7. The number of benzene rings is 1. The van der Waals surface area contributed by atoms with Crippen molar-refractivity contribution < 1.29 is 32.2 Å². The molecule has 7 nitrogen and oxygen atoms in total. The molecule has 2 unspecified atom stereocenters. The zero-order valence-electron chi connectivity index (χ0n) is 18.1. The van der Waals surface area contributed by atoms with Gasteiger partial charge in [-0.15, -0.1) is 0 Å². The van der Waals surface area contributed by atoms with E-state index < -0.39 is 35.5 Å². The van der Waals surface area contributed by atoms with Crippen LogP contribution in [0.3, 0.4) is 0 Å². The van der Waals surface area contributed by atoms with Crippen LogP contribution < -0.4 is 9.47 Å². The summed E-state index contributed by atoms with van der Waals surface area (Å²) in [4.78, 5) is 30.4. The smallest absolute Gasteiger partial charge is 0.417 e. The SMILES string of the molecule is CC(Oc1ccc(Oc2ncc(C(F)(F)F)cc2Cl)cc1)C(=O)C(C#N)C(=O)N1CCCCC1. The lowest BCUT2D eigenvalue weighted by Crippen LogP contribution is -2.44. The van der Waals surface area contributed by atoms with E-state index in [9.17, 15) is 28.0 Å². The molecule has 0 aliphatic carbocycles. The minimum Gasteiger partial charge on any atom is -0.483 e. The highest BCUT2D eigenvalue weighted by atomic mass is 35.5. The molecule has 2 aromatic rings. The van der Waals surface area contributed by atoms with E-state index in [0.29, 0.717) is 25.4 Å². The third-order valence-corrected chi connectivity index (χ3v) is 5.49. The number of carbonyl (C=O) groups is 2. The second kappa shape index (κ2) is 10.7. The summed E-state index contributed by atoms with van der Waals surface area (Å²) in [5, 5.41) is 9.09. The molecule has 1 amide bonds. The van der Waals surface area contributed by atoms with Gasteiger partial charge in [0, 0.05) is 19.3 Å². The molecule has 0 saturated carbocycles. The van der Waals surface area contributed by atoms with Crippen LogP contribution >= 0.6 is 11.6 Å². The first kappa shape index (κ1) is 25.3. The number of nitrogens with zero attached hydrogens (tertiary/aromatic N) is 3. The molecule has 1 aliphatic rings. The van der Waals surface area contributed by atoms with Crippen LogP contribution in [0.25, 0.3) is 0 Å². The summed E-state index contributed by atoms with van der Waals surface area (Å²) in [6.45, 7) is 2.50. The number of rotatable bonds is 7. The average molecular weight is 496 g/mol.